The second kappa shape index (κ2) is 11.7. The molecule has 2 aromatic carbocycles. The third-order valence-corrected chi connectivity index (χ3v) is 6.72. The van der Waals surface area contributed by atoms with Crippen molar-refractivity contribution in [3.8, 4) is 0 Å². The van der Waals surface area contributed by atoms with Crippen molar-refractivity contribution >= 4 is 17.5 Å². The van der Waals surface area contributed by atoms with E-state index in [1.165, 1.54) is 18.2 Å². The Hall–Kier alpha value is -4.14. The Morgan fingerprint density at radius 1 is 1.13 bits per heavy atom. The minimum Gasteiger partial charge on any atom is -0.354 e. The number of amides is 2. The number of aromatic nitrogens is 2. The molecule has 3 aromatic rings. The summed E-state index contributed by atoms with van der Waals surface area (Å²) in [7, 11) is 0. The molecule has 39 heavy (non-hydrogen) atoms. The zero-order chi connectivity index (χ0) is 28.2. The van der Waals surface area contributed by atoms with Crippen molar-refractivity contribution in [2.45, 2.75) is 52.5 Å². The lowest BCUT2D eigenvalue weighted by molar-refractivity contribution is -0.129. The maximum absolute atomic E-state index is 13.5. The van der Waals surface area contributed by atoms with Gasteiger partial charge in [-0.3, -0.25) is 19.4 Å². The summed E-state index contributed by atoms with van der Waals surface area (Å²) >= 11 is 0. The van der Waals surface area contributed by atoms with E-state index in [0.717, 1.165) is 16.7 Å². The van der Waals surface area contributed by atoms with Crippen LogP contribution in [0, 0.1) is 18.2 Å². The summed E-state index contributed by atoms with van der Waals surface area (Å²) in [6.07, 6.45) is 1.02. The quantitative estimate of drug-likeness (QED) is 0.414. The van der Waals surface area contributed by atoms with Gasteiger partial charge in [0.2, 0.25) is 5.91 Å². The van der Waals surface area contributed by atoms with Crippen LogP contribution in [-0.4, -0.2) is 46.6 Å². The number of aryl methyl sites for hydroxylation is 1. The van der Waals surface area contributed by atoms with Gasteiger partial charge in [-0.1, -0.05) is 57.2 Å². The number of carbonyl (C=O) groups excluding carboxylic acids is 2. The predicted octanol–water partition coefficient (Wildman–Crippen LogP) is 3.24. The van der Waals surface area contributed by atoms with Crippen LogP contribution in [0.2, 0.25) is 0 Å². The van der Waals surface area contributed by atoms with Crippen molar-refractivity contribution in [3.05, 3.63) is 99.0 Å². The number of aliphatic imine (C=N–C) groups is 1. The number of rotatable bonds is 8. The maximum Gasteiger partial charge on any atom is 0.270 e. The number of benzene rings is 2. The third kappa shape index (κ3) is 7.04. The van der Waals surface area contributed by atoms with Gasteiger partial charge in [0.25, 0.3) is 11.5 Å². The van der Waals surface area contributed by atoms with Gasteiger partial charge >= 0.3 is 0 Å². The van der Waals surface area contributed by atoms with E-state index in [0.29, 0.717) is 36.6 Å². The fraction of sp³-hybridized carbons (Fsp3) is 0.367. The third-order valence-electron chi connectivity index (χ3n) is 6.72. The average Bonchev–Trinajstić information content (AvgIpc) is 2.87. The molecule has 0 radical (unpaired) electrons. The Bertz CT molecular complexity index is 1440. The molecular formula is C30H34FN5O3. The van der Waals surface area contributed by atoms with Gasteiger partial charge in [0, 0.05) is 42.8 Å². The van der Waals surface area contributed by atoms with Gasteiger partial charge in [-0.15, -0.1) is 0 Å². The molecule has 0 bridgehead atoms. The van der Waals surface area contributed by atoms with E-state index in [1.54, 1.807) is 19.1 Å². The van der Waals surface area contributed by atoms with Crippen molar-refractivity contribution in [3.63, 3.8) is 0 Å². The summed E-state index contributed by atoms with van der Waals surface area (Å²) < 4.78 is 13.4. The normalized spacial score (nSPS) is 15.6. The number of fused-ring (bicyclic) bond motifs is 1. The first kappa shape index (κ1) is 27.9. The van der Waals surface area contributed by atoms with Gasteiger partial charge in [0.05, 0.1) is 0 Å². The minimum absolute atomic E-state index is 0.0478. The topological polar surface area (TPSA) is 116 Å². The highest BCUT2D eigenvalue weighted by Gasteiger charge is 2.35. The largest absolute Gasteiger partial charge is 0.354 e. The Morgan fingerprint density at radius 3 is 2.54 bits per heavy atom. The first-order valence-electron chi connectivity index (χ1n) is 13.0. The number of hydrogen-bond donors (Lipinski definition) is 3. The molecule has 0 fully saturated rings. The molecule has 3 N–H and O–H groups in total. The first-order chi connectivity index (χ1) is 18.5. The highest BCUT2D eigenvalue weighted by atomic mass is 19.1. The fourth-order valence-electron chi connectivity index (χ4n) is 4.77. The van der Waals surface area contributed by atoms with Crippen LogP contribution in [0.5, 0.6) is 0 Å². The van der Waals surface area contributed by atoms with Crippen LogP contribution in [-0.2, 0) is 22.4 Å². The Kier molecular flexibility index (Phi) is 8.38. The highest BCUT2D eigenvalue weighted by Crippen LogP contribution is 2.29. The monoisotopic (exact) mass is 531 g/mol. The molecule has 1 aliphatic heterocycles. The number of nitrogens with one attached hydrogen (secondary N) is 3. The number of aromatic amines is 1. The van der Waals surface area contributed by atoms with Crippen LogP contribution >= 0.6 is 0 Å². The van der Waals surface area contributed by atoms with Gasteiger partial charge in [-0.2, -0.15) is 0 Å². The van der Waals surface area contributed by atoms with Crippen molar-refractivity contribution in [2.75, 3.05) is 13.1 Å². The van der Waals surface area contributed by atoms with Gasteiger partial charge in [-0.25, -0.2) is 9.37 Å². The number of hydrogen-bond acceptors (Lipinski definition) is 5. The van der Waals surface area contributed by atoms with Gasteiger partial charge < -0.3 is 15.6 Å². The molecule has 0 spiro atoms. The molecule has 4 rings (SSSR count). The Balaban J connectivity index is 1.46. The molecule has 0 saturated carbocycles. The maximum atomic E-state index is 13.5. The van der Waals surface area contributed by atoms with E-state index in [1.807, 2.05) is 45.0 Å². The molecule has 0 saturated heterocycles. The van der Waals surface area contributed by atoms with Crippen molar-refractivity contribution in [1.82, 2.24) is 20.6 Å². The Morgan fingerprint density at radius 2 is 1.85 bits per heavy atom. The highest BCUT2D eigenvalue weighted by molar-refractivity contribution is 6.46. The SMILES string of the molecule is Cc1cc(=O)[nH]c(CCNC(=O)[C@@H](NC(=O)C2=NCC(Cc3ccc(F)cc3)c3ccccc32)C(C)(C)C)n1. The zero-order valence-corrected chi connectivity index (χ0v) is 22.7. The lowest BCUT2D eigenvalue weighted by atomic mass is 9.84. The van der Waals surface area contributed by atoms with Gasteiger partial charge in [0.1, 0.15) is 23.4 Å². The standard InChI is InChI=1S/C30H34FN5O3/c1-18-15-25(37)35-24(34-18)13-14-32-29(39)27(30(2,3)4)36-28(38)26-23-8-6-5-7-22(23)20(17-33-26)16-19-9-11-21(31)12-10-19/h5-12,15,20,27H,13-14,16-17H2,1-4H3,(H,32,39)(H,36,38)(H,34,35,37)/t20?,27-/m1/s1. The van der Waals surface area contributed by atoms with Crippen molar-refractivity contribution < 1.29 is 14.0 Å². The van der Waals surface area contributed by atoms with Crippen LogP contribution in [0.15, 0.2) is 64.4 Å². The molecule has 2 amide bonds. The fourth-order valence-corrected chi connectivity index (χ4v) is 4.77. The van der Waals surface area contributed by atoms with E-state index in [2.05, 4.69) is 25.6 Å². The van der Waals surface area contributed by atoms with Crippen LogP contribution in [0.1, 0.15) is 54.9 Å². The van der Waals surface area contributed by atoms with E-state index in [4.69, 9.17) is 0 Å². The number of nitrogens with zero attached hydrogens (tertiary/aromatic N) is 2. The van der Waals surface area contributed by atoms with Crippen LogP contribution in [0.4, 0.5) is 4.39 Å². The van der Waals surface area contributed by atoms with Crippen LogP contribution < -0.4 is 16.2 Å². The van der Waals surface area contributed by atoms with E-state index >= 15 is 0 Å². The molecular weight excluding hydrogens is 497 g/mol. The Labute approximate surface area is 227 Å². The molecule has 1 aromatic heterocycles. The predicted molar refractivity (Wildman–Crippen MR) is 148 cm³/mol. The molecule has 1 unspecified atom stereocenters. The number of carbonyl (C=O) groups is 2. The summed E-state index contributed by atoms with van der Waals surface area (Å²) in [6, 6.07) is 14.7. The molecule has 1 aliphatic rings. The lowest BCUT2D eigenvalue weighted by Crippen LogP contribution is -2.55. The van der Waals surface area contributed by atoms with Crippen LogP contribution in [0.25, 0.3) is 0 Å². The molecule has 0 aliphatic carbocycles. The number of halogens is 1. The molecule has 9 heteroatoms. The van der Waals surface area contributed by atoms with Gasteiger partial charge in [0.15, 0.2) is 0 Å². The van der Waals surface area contributed by atoms with E-state index in [9.17, 15) is 18.8 Å². The molecule has 204 valence electrons. The summed E-state index contributed by atoms with van der Waals surface area (Å²) in [4.78, 5) is 49.9. The smallest absolute Gasteiger partial charge is 0.270 e. The second-order valence-electron chi connectivity index (χ2n) is 11.0. The first-order valence-corrected chi connectivity index (χ1v) is 13.0. The van der Waals surface area contributed by atoms with Crippen molar-refractivity contribution in [2.24, 2.45) is 10.4 Å². The summed E-state index contributed by atoms with van der Waals surface area (Å²) in [5, 5.41) is 5.77. The second-order valence-corrected chi connectivity index (χ2v) is 11.0. The summed E-state index contributed by atoms with van der Waals surface area (Å²) in [5.74, 6) is -0.488. The summed E-state index contributed by atoms with van der Waals surface area (Å²) in [6.45, 7) is 8.04. The van der Waals surface area contributed by atoms with E-state index in [-0.39, 0.29) is 29.7 Å². The zero-order valence-electron chi connectivity index (χ0n) is 22.7. The number of H-pyrrole nitrogens is 1. The van der Waals surface area contributed by atoms with Crippen molar-refractivity contribution in [1.29, 1.82) is 0 Å². The molecule has 8 nitrogen and oxygen atoms in total. The van der Waals surface area contributed by atoms with E-state index < -0.39 is 17.4 Å². The minimum atomic E-state index is -0.818. The average molecular weight is 532 g/mol. The molecule has 2 heterocycles. The van der Waals surface area contributed by atoms with Gasteiger partial charge in [-0.05, 0) is 42.0 Å². The summed E-state index contributed by atoms with van der Waals surface area (Å²) in [5.41, 5.74) is 2.81. The molecule has 2 atom stereocenters. The van der Waals surface area contributed by atoms with Crippen LogP contribution in [0.3, 0.4) is 0 Å². The lowest BCUT2D eigenvalue weighted by Gasteiger charge is -2.31.